The lowest BCUT2D eigenvalue weighted by Gasteiger charge is -2.47. The minimum absolute atomic E-state index is 0. The molecule has 2 aliphatic rings. The van der Waals surface area contributed by atoms with Crippen LogP contribution in [0.5, 0.6) is 0 Å². The monoisotopic (exact) mass is 373 g/mol. The van der Waals surface area contributed by atoms with Crippen molar-refractivity contribution in [3.05, 3.63) is 52.5 Å². The van der Waals surface area contributed by atoms with E-state index in [-0.39, 0.29) is 13.0 Å². The zero-order chi connectivity index (χ0) is 17.0. The number of hydrogen-bond acceptors (Lipinski definition) is 5. The lowest BCUT2D eigenvalue weighted by atomic mass is 9.89. The van der Waals surface area contributed by atoms with Crippen molar-refractivity contribution in [2.24, 2.45) is 0 Å². The van der Waals surface area contributed by atoms with Gasteiger partial charge in [-0.25, -0.2) is 4.98 Å². The maximum Gasteiger partial charge on any atom is 0.0833 e. The SMILES string of the molecule is C.c1ccc(CCN2CCC3(CC2)CN(Cc2cscn2)CCO3)cc1. The van der Waals surface area contributed by atoms with Gasteiger partial charge in [0.15, 0.2) is 0 Å². The van der Waals surface area contributed by atoms with Crippen LogP contribution in [-0.4, -0.2) is 59.7 Å². The molecule has 0 aliphatic carbocycles. The zero-order valence-electron chi connectivity index (χ0n) is 14.8. The van der Waals surface area contributed by atoms with Crippen LogP contribution in [0.2, 0.25) is 0 Å². The number of thiazole rings is 1. The van der Waals surface area contributed by atoms with Crippen LogP contribution in [0.15, 0.2) is 41.2 Å². The van der Waals surface area contributed by atoms with Crippen LogP contribution in [0.1, 0.15) is 31.5 Å². The molecule has 0 N–H and O–H groups in total. The molecule has 2 fully saturated rings. The number of hydrogen-bond donors (Lipinski definition) is 0. The third kappa shape index (κ3) is 4.92. The van der Waals surface area contributed by atoms with Crippen LogP contribution in [0.4, 0.5) is 0 Å². The van der Waals surface area contributed by atoms with Gasteiger partial charge in [-0.1, -0.05) is 37.8 Å². The normalized spacial score (nSPS) is 20.8. The summed E-state index contributed by atoms with van der Waals surface area (Å²) in [7, 11) is 0. The standard InChI is InChI=1S/C20H27N3OS.CH4/c1-2-4-18(5-3-1)6-9-22-10-7-20(8-11-22)16-23(12-13-24-20)14-19-15-25-17-21-19;/h1-5,15,17H,6-14,16H2;1H4. The summed E-state index contributed by atoms with van der Waals surface area (Å²) < 4.78 is 6.28. The molecule has 2 saturated heterocycles. The number of piperidine rings is 1. The highest BCUT2D eigenvalue weighted by Crippen LogP contribution is 2.30. The van der Waals surface area contributed by atoms with E-state index in [1.165, 1.54) is 11.3 Å². The van der Waals surface area contributed by atoms with E-state index in [1.807, 2.05) is 5.51 Å². The molecule has 4 nitrogen and oxygen atoms in total. The molecule has 1 spiro atoms. The highest BCUT2D eigenvalue weighted by molar-refractivity contribution is 7.07. The second-order valence-electron chi connectivity index (χ2n) is 7.30. The number of benzene rings is 1. The van der Waals surface area contributed by atoms with Gasteiger partial charge in [0.25, 0.3) is 0 Å². The predicted molar refractivity (Wildman–Crippen MR) is 109 cm³/mol. The molecule has 0 radical (unpaired) electrons. The minimum atomic E-state index is 0. The Morgan fingerprint density at radius 1 is 1.08 bits per heavy atom. The predicted octanol–water partition coefficient (Wildman–Crippen LogP) is 3.69. The van der Waals surface area contributed by atoms with Gasteiger partial charge >= 0.3 is 0 Å². The maximum absolute atomic E-state index is 6.28. The van der Waals surface area contributed by atoms with Gasteiger partial charge in [-0.2, -0.15) is 0 Å². The van der Waals surface area contributed by atoms with Gasteiger partial charge in [0, 0.05) is 44.6 Å². The fraction of sp³-hybridized carbons (Fsp3) is 0.571. The number of likely N-dealkylation sites (tertiary alicyclic amines) is 1. The van der Waals surface area contributed by atoms with Crippen LogP contribution >= 0.6 is 11.3 Å². The number of ether oxygens (including phenoxy) is 1. The van der Waals surface area contributed by atoms with Crippen molar-refractivity contribution in [3.8, 4) is 0 Å². The van der Waals surface area contributed by atoms with E-state index in [0.717, 1.165) is 65.1 Å². The lowest BCUT2D eigenvalue weighted by Crippen LogP contribution is -2.56. The van der Waals surface area contributed by atoms with Crippen LogP contribution in [-0.2, 0) is 17.7 Å². The summed E-state index contributed by atoms with van der Waals surface area (Å²) in [4.78, 5) is 9.56. The van der Waals surface area contributed by atoms with Gasteiger partial charge in [-0.15, -0.1) is 11.3 Å². The topological polar surface area (TPSA) is 28.6 Å². The summed E-state index contributed by atoms with van der Waals surface area (Å²) in [6.07, 6.45) is 3.44. The molecule has 4 rings (SSSR count). The largest absolute Gasteiger partial charge is 0.372 e. The van der Waals surface area contributed by atoms with Crippen molar-refractivity contribution in [2.75, 3.05) is 39.3 Å². The highest BCUT2D eigenvalue weighted by atomic mass is 32.1. The van der Waals surface area contributed by atoms with E-state index < -0.39 is 0 Å². The first-order chi connectivity index (χ1) is 12.3. The molecular formula is C21H31N3OS. The van der Waals surface area contributed by atoms with Crippen LogP contribution < -0.4 is 0 Å². The van der Waals surface area contributed by atoms with Gasteiger partial charge in [-0.05, 0) is 24.8 Å². The fourth-order valence-corrected chi connectivity index (χ4v) is 4.57. The molecule has 1 aromatic carbocycles. The molecule has 0 bridgehead atoms. The zero-order valence-corrected chi connectivity index (χ0v) is 15.6. The Bertz CT molecular complexity index is 639. The molecule has 0 atom stereocenters. The first kappa shape index (κ1) is 19.5. The Morgan fingerprint density at radius 2 is 1.88 bits per heavy atom. The average Bonchev–Trinajstić information content (AvgIpc) is 3.15. The quantitative estimate of drug-likeness (QED) is 0.799. The van der Waals surface area contributed by atoms with E-state index >= 15 is 0 Å². The van der Waals surface area contributed by atoms with Gasteiger partial charge in [0.2, 0.25) is 0 Å². The smallest absolute Gasteiger partial charge is 0.0833 e. The van der Waals surface area contributed by atoms with Crippen molar-refractivity contribution >= 4 is 11.3 Å². The Balaban J connectivity index is 0.00000196. The molecule has 2 aliphatic heterocycles. The van der Waals surface area contributed by atoms with Gasteiger partial charge in [-0.3, -0.25) is 4.90 Å². The number of nitrogens with zero attached hydrogens (tertiary/aromatic N) is 3. The Kier molecular flexibility index (Phi) is 6.81. The van der Waals surface area contributed by atoms with E-state index in [4.69, 9.17) is 4.74 Å². The fourth-order valence-electron chi connectivity index (χ4n) is 4.02. The van der Waals surface area contributed by atoms with Gasteiger partial charge in [0.05, 0.1) is 23.4 Å². The molecule has 26 heavy (non-hydrogen) atoms. The van der Waals surface area contributed by atoms with E-state index in [1.54, 1.807) is 11.3 Å². The molecule has 0 saturated carbocycles. The molecule has 2 aromatic rings. The maximum atomic E-state index is 6.28. The van der Waals surface area contributed by atoms with E-state index in [2.05, 4.69) is 50.5 Å². The van der Waals surface area contributed by atoms with E-state index in [9.17, 15) is 0 Å². The van der Waals surface area contributed by atoms with Crippen molar-refractivity contribution < 1.29 is 4.74 Å². The molecular weight excluding hydrogens is 342 g/mol. The molecule has 0 unspecified atom stereocenters. The van der Waals surface area contributed by atoms with E-state index in [0.29, 0.717) is 0 Å². The third-order valence-electron chi connectivity index (χ3n) is 5.52. The summed E-state index contributed by atoms with van der Waals surface area (Å²) in [5.41, 5.74) is 4.63. The van der Waals surface area contributed by atoms with Crippen LogP contribution in [0.25, 0.3) is 0 Å². The summed E-state index contributed by atoms with van der Waals surface area (Å²) >= 11 is 1.68. The summed E-state index contributed by atoms with van der Waals surface area (Å²) in [6.45, 7) is 7.35. The number of aromatic nitrogens is 1. The first-order valence-corrected chi connectivity index (χ1v) is 10.3. The minimum Gasteiger partial charge on any atom is -0.372 e. The number of rotatable bonds is 5. The van der Waals surface area contributed by atoms with Crippen molar-refractivity contribution in [2.45, 2.75) is 38.8 Å². The van der Waals surface area contributed by atoms with Gasteiger partial charge < -0.3 is 9.64 Å². The Labute approximate surface area is 161 Å². The second kappa shape index (κ2) is 9.09. The third-order valence-corrected chi connectivity index (χ3v) is 6.16. The van der Waals surface area contributed by atoms with Crippen LogP contribution in [0.3, 0.4) is 0 Å². The molecule has 5 heteroatoms. The summed E-state index contributed by atoms with van der Waals surface area (Å²) in [5, 5.41) is 2.16. The highest BCUT2D eigenvalue weighted by Gasteiger charge is 2.39. The lowest BCUT2D eigenvalue weighted by molar-refractivity contribution is -0.137. The van der Waals surface area contributed by atoms with Gasteiger partial charge in [0.1, 0.15) is 0 Å². The van der Waals surface area contributed by atoms with Crippen LogP contribution in [0, 0.1) is 0 Å². The van der Waals surface area contributed by atoms with Crippen molar-refractivity contribution in [3.63, 3.8) is 0 Å². The average molecular weight is 374 g/mol. The number of morpholine rings is 1. The molecule has 1 aromatic heterocycles. The molecule has 3 heterocycles. The first-order valence-electron chi connectivity index (χ1n) is 9.31. The summed E-state index contributed by atoms with van der Waals surface area (Å²) in [6, 6.07) is 10.8. The Morgan fingerprint density at radius 3 is 2.62 bits per heavy atom. The van der Waals surface area contributed by atoms with Crippen molar-refractivity contribution in [1.82, 2.24) is 14.8 Å². The summed E-state index contributed by atoms with van der Waals surface area (Å²) in [5.74, 6) is 0. The molecule has 142 valence electrons. The van der Waals surface area contributed by atoms with Crippen molar-refractivity contribution in [1.29, 1.82) is 0 Å². The second-order valence-corrected chi connectivity index (χ2v) is 8.02. The Hall–Kier alpha value is -1.27. The molecule has 0 amide bonds.